The van der Waals surface area contributed by atoms with E-state index in [1.54, 1.807) is 24.3 Å². The van der Waals surface area contributed by atoms with Crippen LogP contribution in [0.25, 0.3) is 0 Å². The van der Waals surface area contributed by atoms with Gasteiger partial charge in [-0.3, -0.25) is 4.79 Å². The smallest absolute Gasteiger partial charge is 0.362 e. The molecule has 1 heterocycles. The summed E-state index contributed by atoms with van der Waals surface area (Å²) in [6.07, 6.45) is -4.11. The van der Waals surface area contributed by atoms with E-state index in [1.165, 1.54) is 0 Å². The lowest BCUT2D eigenvalue weighted by molar-refractivity contribution is -0.302. The molecule has 1 amide bonds. The van der Waals surface area contributed by atoms with Crippen LogP contribution >= 0.6 is 0 Å². The van der Waals surface area contributed by atoms with Crippen LogP contribution in [0.3, 0.4) is 0 Å². The molecule has 0 fully saturated rings. The van der Waals surface area contributed by atoms with E-state index >= 15 is 0 Å². The van der Waals surface area contributed by atoms with Crippen LogP contribution in [-0.4, -0.2) is 33.6 Å². The van der Waals surface area contributed by atoms with Gasteiger partial charge < -0.3 is 5.11 Å². The summed E-state index contributed by atoms with van der Waals surface area (Å²) in [5.41, 5.74) is -1.49. The zero-order valence-electron chi connectivity index (χ0n) is 13.7. The van der Waals surface area contributed by atoms with Gasteiger partial charge in [-0.1, -0.05) is 43.2 Å². The summed E-state index contributed by atoms with van der Waals surface area (Å²) in [5, 5.41) is 14.1. The van der Waals surface area contributed by atoms with Crippen molar-refractivity contribution < 1.29 is 23.1 Å². The first kappa shape index (κ1) is 18.4. The summed E-state index contributed by atoms with van der Waals surface area (Å²) >= 11 is 0. The molecule has 7 heteroatoms. The molecule has 1 aliphatic heterocycles. The van der Waals surface area contributed by atoms with Crippen LogP contribution in [0.4, 0.5) is 13.2 Å². The van der Waals surface area contributed by atoms with Gasteiger partial charge in [-0.2, -0.15) is 23.3 Å². The average Bonchev–Trinajstić information content (AvgIpc) is 2.85. The quantitative estimate of drug-likeness (QED) is 0.889. The van der Waals surface area contributed by atoms with Crippen molar-refractivity contribution in [3.05, 3.63) is 35.4 Å². The lowest BCUT2D eigenvalue weighted by Gasteiger charge is -2.32. The fourth-order valence-corrected chi connectivity index (χ4v) is 2.58. The molecule has 0 bridgehead atoms. The predicted molar refractivity (Wildman–Crippen MR) is 84.3 cm³/mol. The van der Waals surface area contributed by atoms with E-state index < -0.39 is 24.2 Å². The maximum atomic E-state index is 13.3. The third kappa shape index (κ3) is 3.77. The molecule has 0 saturated heterocycles. The van der Waals surface area contributed by atoms with Crippen LogP contribution in [0.1, 0.15) is 43.7 Å². The topological polar surface area (TPSA) is 52.9 Å². The van der Waals surface area contributed by atoms with Gasteiger partial charge in [0.05, 0.1) is 6.42 Å². The first-order valence-corrected chi connectivity index (χ1v) is 7.91. The van der Waals surface area contributed by atoms with E-state index in [4.69, 9.17) is 0 Å². The molecule has 2 rings (SSSR count). The van der Waals surface area contributed by atoms with Gasteiger partial charge >= 0.3 is 6.18 Å². The Balaban J connectivity index is 2.22. The molecular formula is C17H21F3N2O2. The van der Waals surface area contributed by atoms with Gasteiger partial charge in [0.2, 0.25) is 5.91 Å². The van der Waals surface area contributed by atoms with Crippen molar-refractivity contribution in [2.75, 3.05) is 0 Å². The Morgan fingerprint density at radius 1 is 1.33 bits per heavy atom. The third-order valence-electron chi connectivity index (χ3n) is 4.03. The zero-order chi connectivity index (χ0) is 18.0. The maximum Gasteiger partial charge on any atom is 0.438 e. The minimum Gasteiger partial charge on any atom is -0.362 e. The van der Waals surface area contributed by atoms with Crippen LogP contribution in [0.15, 0.2) is 29.4 Å². The average molecular weight is 342 g/mol. The molecule has 4 nitrogen and oxygen atoms in total. The normalized spacial score (nSPS) is 21.1. The number of carbonyl (C=O) groups excluding carboxylic acids is 1. The Morgan fingerprint density at radius 2 is 1.96 bits per heavy atom. The number of halogens is 3. The van der Waals surface area contributed by atoms with Crippen molar-refractivity contribution in [1.82, 2.24) is 5.01 Å². The molecule has 132 valence electrons. The van der Waals surface area contributed by atoms with Crippen molar-refractivity contribution in [3.8, 4) is 0 Å². The van der Waals surface area contributed by atoms with E-state index in [-0.39, 0.29) is 17.1 Å². The minimum atomic E-state index is -4.96. The van der Waals surface area contributed by atoms with E-state index in [2.05, 4.69) is 5.10 Å². The van der Waals surface area contributed by atoms with Gasteiger partial charge in [0.25, 0.3) is 5.72 Å². The largest absolute Gasteiger partial charge is 0.438 e. The number of aryl methyl sites for hydroxylation is 1. The van der Waals surface area contributed by atoms with E-state index in [1.807, 2.05) is 13.8 Å². The van der Waals surface area contributed by atoms with Crippen LogP contribution in [0.5, 0.6) is 0 Å². The lowest BCUT2D eigenvalue weighted by Crippen LogP contribution is -2.57. The Labute approximate surface area is 139 Å². The van der Waals surface area contributed by atoms with Gasteiger partial charge in [-0.05, 0) is 25.3 Å². The highest BCUT2D eigenvalue weighted by atomic mass is 19.4. The Morgan fingerprint density at radius 3 is 2.50 bits per heavy atom. The number of hydrogen-bond acceptors (Lipinski definition) is 3. The van der Waals surface area contributed by atoms with Crippen molar-refractivity contribution in [2.45, 2.75) is 57.9 Å². The predicted octanol–water partition coefficient (Wildman–Crippen LogP) is 3.57. The Bertz CT molecular complexity index is 626. The van der Waals surface area contributed by atoms with E-state index in [0.29, 0.717) is 18.4 Å². The molecule has 0 aromatic heterocycles. The molecule has 1 N–H and O–H groups in total. The number of benzene rings is 1. The minimum absolute atomic E-state index is 0.203. The fourth-order valence-electron chi connectivity index (χ4n) is 2.58. The molecule has 0 radical (unpaired) electrons. The highest BCUT2D eigenvalue weighted by Gasteiger charge is 2.62. The summed E-state index contributed by atoms with van der Waals surface area (Å²) in [4.78, 5) is 12.3. The summed E-state index contributed by atoms with van der Waals surface area (Å²) in [5.74, 6) is -0.870. The number of carbonyl (C=O) groups is 1. The van der Waals surface area contributed by atoms with Crippen molar-refractivity contribution in [2.24, 2.45) is 5.10 Å². The molecule has 1 unspecified atom stereocenters. The molecule has 0 saturated carbocycles. The first-order valence-electron chi connectivity index (χ1n) is 7.91. The Kier molecular flexibility index (Phi) is 5.32. The third-order valence-corrected chi connectivity index (χ3v) is 4.03. The number of nitrogens with zero attached hydrogens (tertiary/aromatic N) is 2. The Hall–Kier alpha value is -1.89. The number of amides is 1. The first-order chi connectivity index (χ1) is 11.2. The lowest BCUT2D eigenvalue weighted by atomic mass is 10.0. The van der Waals surface area contributed by atoms with E-state index in [9.17, 15) is 23.1 Å². The van der Waals surface area contributed by atoms with Gasteiger partial charge in [-0.15, -0.1) is 0 Å². The van der Waals surface area contributed by atoms with Gasteiger partial charge in [0, 0.05) is 12.1 Å². The number of alkyl halides is 3. The number of rotatable bonds is 5. The van der Waals surface area contributed by atoms with Crippen LogP contribution < -0.4 is 0 Å². The molecule has 1 aromatic carbocycles. The van der Waals surface area contributed by atoms with Gasteiger partial charge in [-0.25, -0.2) is 0 Å². The van der Waals surface area contributed by atoms with Crippen LogP contribution in [-0.2, 0) is 11.2 Å². The van der Waals surface area contributed by atoms with E-state index in [0.717, 1.165) is 12.0 Å². The number of hydrazone groups is 1. The highest BCUT2D eigenvalue weighted by Crippen LogP contribution is 2.41. The zero-order valence-corrected chi connectivity index (χ0v) is 13.7. The summed E-state index contributed by atoms with van der Waals surface area (Å²) in [6, 6.07) is 6.91. The van der Waals surface area contributed by atoms with Crippen LogP contribution in [0, 0.1) is 6.92 Å². The second-order valence-electron chi connectivity index (χ2n) is 6.13. The second kappa shape index (κ2) is 6.93. The molecule has 1 aliphatic rings. The second-order valence-corrected chi connectivity index (χ2v) is 6.13. The molecular weight excluding hydrogens is 321 g/mol. The SMILES string of the molecule is CCCCC1=NN(C(=O)Cc2ccc(C)cc2)C(O)(C(F)(F)F)C1. The summed E-state index contributed by atoms with van der Waals surface area (Å²) in [7, 11) is 0. The highest BCUT2D eigenvalue weighted by molar-refractivity contribution is 5.91. The molecule has 1 aromatic rings. The van der Waals surface area contributed by atoms with Crippen LogP contribution in [0.2, 0.25) is 0 Å². The number of hydrogen-bond donors (Lipinski definition) is 1. The molecule has 0 spiro atoms. The summed E-state index contributed by atoms with van der Waals surface area (Å²) in [6.45, 7) is 3.78. The number of aliphatic hydroxyl groups is 1. The van der Waals surface area contributed by atoms with Gasteiger partial charge in [0.15, 0.2) is 0 Å². The van der Waals surface area contributed by atoms with Crippen molar-refractivity contribution in [3.63, 3.8) is 0 Å². The number of unbranched alkanes of at least 4 members (excludes halogenated alkanes) is 1. The molecule has 24 heavy (non-hydrogen) atoms. The summed E-state index contributed by atoms with van der Waals surface area (Å²) < 4.78 is 40.0. The fraction of sp³-hybridized carbons (Fsp3) is 0.529. The maximum absolute atomic E-state index is 13.3. The van der Waals surface area contributed by atoms with Crippen molar-refractivity contribution >= 4 is 11.6 Å². The monoisotopic (exact) mass is 342 g/mol. The standard InChI is InChI=1S/C17H21F3N2O2/c1-3-4-5-14-11-16(24,17(18,19)20)22(21-14)15(23)10-13-8-6-12(2)7-9-13/h6-9,24H,3-5,10-11H2,1-2H3. The molecule has 1 atom stereocenters. The molecule has 0 aliphatic carbocycles. The van der Waals surface area contributed by atoms with Crippen molar-refractivity contribution in [1.29, 1.82) is 0 Å². The van der Waals surface area contributed by atoms with Gasteiger partial charge in [0.1, 0.15) is 0 Å².